The van der Waals surface area contributed by atoms with Gasteiger partial charge >= 0.3 is 0 Å². The molecule has 0 aromatic carbocycles. The van der Waals surface area contributed by atoms with Gasteiger partial charge in [-0.2, -0.15) is 0 Å². The van der Waals surface area contributed by atoms with Gasteiger partial charge in [-0.05, 0) is 18.2 Å². The number of aryl methyl sites for hydroxylation is 1. The fraction of sp³-hybridized carbons (Fsp3) is 0.375. The molecule has 23 heavy (non-hydrogen) atoms. The van der Waals surface area contributed by atoms with E-state index >= 15 is 0 Å². The summed E-state index contributed by atoms with van der Waals surface area (Å²) in [6.07, 6.45) is 1.63. The molecule has 3 heterocycles. The molecule has 1 saturated heterocycles. The van der Waals surface area contributed by atoms with Gasteiger partial charge in [0, 0.05) is 62.5 Å². The lowest BCUT2D eigenvalue weighted by Crippen LogP contribution is -2.48. The third-order valence-corrected chi connectivity index (χ3v) is 5.23. The highest BCUT2D eigenvalue weighted by atomic mass is 35.5. The van der Waals surface area contributed by atoms with Crippen LogP contribution in [-0.4, -0.2) is 46.5 Å². The molecule has 0 unspecified atom stereocenters. The summed E-state index contributed by atoms with van der Waals surface area (Å²) in [5.74, 6) is -0.0680. The molecule has 0 spiro atoms. The van der Waals surface area contributed by atoms with Gasteiger partial charge in [0.15, 0.2) is 0 Å². The Labute approximate surface area is 143 Å². The molecule has 0 atom stereocenters. The van der Waals surface area contributed by atoms with Crippen LogP contribution in [0.4, 0.5) is 0 Å². The van der Waals surface area contributed by atoms with Gasteiger partial charge in [-0.15, -0.1) is 11.3 Å². The Morgan fingerprint density at radius 1 is 1.22 bits per heavy atom. The molecule has 1 fully saturated rings. The van der Waals surface area contributed by atoms with E-state index in [0.717, 1.165) is 24.0 Å². The summed E-state index contributed by atoms with van der Waals surface area (Å²) in [5.41, 5.74) is 0.302. The highest BCUT2D eigenvalue weighted by molar-refractivity contribution is 7.16. The van der Waals surface area contributed by atoms with Crippen molar-refractivity contribution in [2.45, 2.75) is 6.54 Å². The van der Waals surface area contributed by atoms with Crippen LogP contribution in [0.5, 0.6) is 0 Å². The number of pyridine rings is 1. The van der Waals surface area contributed by atoms with Crippen molar-refractivity contribution in [3.63, 3.8) is 0 Å². The molecular weight excluding hydrogens is 334 g/mol. The lowest BCUT2D eigenvalue weighted by atomic mass is 10.2. The molecule has 0 saturated carbocycles. The van der Waals surface area contributed by atoms with Crippen molar-refractivity contribution in [3.05, 3.63) is 55.6 Å². The lowest BCUT2D eigenvalue weighted by Gasteiger charge is -2.34. The summed E-state index contributed by atoms with van der Waals surface area (Å²) in [4.78, 5) is 29.5. The van der Waals surface area contributed by atoms with Gasteiger partial charge in [0.1, 0.15) is 0 Å². The van der Waals surface area contributed by atoms with E-state index in [1.54, 1.807) is 30.6 Å². The topological polar surface area (TPSA) is 45.6 Å². The second-order valence-electron chi connectivity index (χ2n) is 5.64. The van der Waals surface area contributed by atoms with Crippen LogP contribution >= 0.6 is 22.9 Å². The van der Waals surface area contributed by atoms with Gasteiger partial charge in [0.05, 0.1) is 4.34 Å². The van der Waals surface area contributed by atoms with Crippen molar-refractivity contribution in [2.24, 2.45) is 7.05 Å². The Morgan fingerprint density at radius 2 is 1.96 bits per heavy atom. The smallest absolute Gasteiger partial charge is 0.254 e. The minimum Gasteiger partial charge on any atom is -0.336 e. The first kappa shape index (κ1) is 16.2. The van der Waals surface area contributed by atoms with Gasteiger partial charge in [-0.25, -0.2) is 0 Å². The van der Waals surface area contributed by atoms with Crippen LogP contribution in [0.1, 0.15) is 15.2 Å². The Balaban J connectivity index is 1.58. The number of rotatable bonds is 3. The van der Waals surface area contributed by atoms with Crippen LogP contribution in [0.3, 0.4) is 0 Å². The molecule has 122 valence electrons. The van der Waals surface area contributed by atoms with Gasteiger partial charge in [0.25, 0.3) is 11.5 Å². The fourth-order valence-electron chi connectivity index (χ4n) is 2.63. The van der Waals surface area contributed by atoms with E-state index in [4.69, 9.17) is 11.6 Å². The first-order chi connectivity index (χ1) is 11.0. The number of piperazine rings is 1. The predicted molar refractivity (Wildman–Crippen MR) is 92.2 cm³/mol. The third kappa shape index (κ3) is 3.83. The summed E-state index contributed by atoms with van der Waals surface area (Å²) in [5, 5.41) is 0. The number of carbonyl (C=O) groups excluding carboxylic acids is 1. The zero-order valence-electron chi connectivity index (χ0n) is 12.9. The van der Waals surface area contributed by atoms with Gasteiger partial charge < -0.3 is 9.47 Å². The van der Waals surface area contributed by atoms with Crippen LogP contribution in [-0.2, 0) is 13.6 Å². The second kappa shape index (κ2) is 6.86. The normalized spacial score (nSPS) is 15.8. The first-order valence-corrected chi connectivity index (χ1v) is 8.65. The van der Waals surface area contributed by atoms with Crippen LogP contribution in [0.15, 0.2) is 35.3 Å². The molecule has 1 aliphatic heterocycles. The molecule has 3 rings (SSSR count). The zero-order valence-corrected chi connectivity index (χ0v) is 14.4. The zero-order chi connectivity index (χ0) is 16.4. The van der Waals surface area contributed by atoms with E-state index in [9.17, 15) is 9.59 Å². The molecule has 0 aliphatic carbocycles. The highest BCUT2D eigenvalue weighted by Gasteiger charge is 2.22. The van der Waals surface area contributed by atoms with Gasteiger partial charge in [0.2, 0.25) is 0 Å². The summed E-state index contributed by atoms with van der Waals surface area (Å²) in [6.45, 7) is 3.86. The Morgan fingerprint density at radius 3 is 2.57 bits per heavy atom. The number of carbonyl (C=O) groups is 1. The molecule has 2 aromatic heterocycles. The predicted octanol–water partition coefficient (Wildman–Crippen LogP) is 2.06. The molecular formula is C16H18ClN3O2S. The van der Waals surface area contributed by atoms with Crippen molar-refractivity contribution in [1.82, 2.24) is 14.4 Å². The lowest BCUT2D eigenvalue weighted by molar-refractivity contribution is 0.0629. The standard InChI is InChI=1S/C16H18ClN3O2S/c1-18-5-4-12(10-15(18)21)16(22)20-8-6-19(7-9-20)11-13-2-3-14(17)23-13/h2-5,10H,6-9,11H2,1H3. The van der Waals surface area contributed by atoms with E-state index in [-0.39, 0.29) is 11.5 Å². The quantitative estimate of drug-likeness (QED) is 0.850. The van der Waals surface area contributed by atoms with Crippen molar-refractivity contribution in [3.8, 4) is 0 Å². The van der Waals surface area contributed by atoms with Gasteiger partial charge in [-0.3, -0.25) is 14.5 Å². The summed E-state index contributed by atoms with van der Waals surface area (Å²) >= 11 is 7.55. The largest absolute Gasteiger partial charge is 0.336 e. The minimum atomic E-state index is -0.163. The first-order valence-electron chi connectivity index (χ1n) is 7.45. The average molecular weight is 352 g/mol. The van der Waals surface area contributed by atoms with E-state index < -0.39 is 0 Å². The number of hydrogen-bond donors (Lipinski definition) is 0. The fourth-order valence-corrected chi connectivity index (χ4v) is 3.76. The van der Waals surface area contributed by atoms with Crippen LogP contribution in [0, 0.1) is 0 Å². The van der Waals surface area contributed by atoms with Crippen LogP contribution < -0.4 is 5.56 Å². The van der Waals surface area contributed by atoms with E-state index in [1.807, 2.05) is 17.0 Å². The highest BCUT2D eigenvalue weighted by Crippen LogP contribution is 2.23. The van der Waals surface area contributed by atoms with E-state index in [2.05, 4.69) is 4.90 Å². The van der Waals surface area contributed by atoms with Crippen molar-refractivity contribution >= 4 is 28.8 Å². The number of aromatic nitrogens is 1. The van der Waals surface area contributed by atoms with Crippen molar-refractivity contribution in [1.29, 1.82) is 0 Å². The molecule has 5 nitrogen and oxygen atoms in total. The monoisotopic (exact) mass is 351 g/mol. The van der Waals surface area contributed by atoms with Crippen molar-refractivity contribution < 1.29 is 4.79 Å². The Kier molecular flexibility index (Phi) is 4.84. The molecule has 1 aliphatic rings. The maximum Gasteiger partial charge on any atom is 0.254 e. The van der Waals surface area contributed by atoms with Crippen LogP contribution in [0.2, 0.25) is 4.34 Å². The van der Waals surface area contributed by atoms with Crippen molar-refractivity contribution in [2.75, 3.05) is 26.2 Å². The number of thiophene rings is 1. The second-order valence-corrected chi connectivity index (χ2v) is 7.44. The van der Waals surface area contributed by atoms with Gasteiger partial charge in [-0.1, -0.05) is 11.6 Å². The molecule has 1 amide bonds. The number of halogens is 1. The number of nitrogens with zero attached hydrogens (tertiary/aromatic N) is 3. The summed E-state index contributed by atoms with van der Waals surface area (Å²) < 4.78 is 2.26. The summed E-state index contributed by atoms with van der Waals surface area (Å²) in [6, 6.07) is 7.06. The minimum absolute atomic E-state index is 0.0680. The molecule has 0 bridgehead atoms. The Bertz CT molecular complexity index is 763. The SMILES string of the molecule is Cn1ccc(C(=O)N2CCN(Cc3ccc(Cl)s3)CC2)cc1=O. The maximum absolute atomic E-state index is 12.5. The Hall–Kier alpha value is -1.63. The van der Waals surface area contributed by atoms with E-state index in [0.29, 0.717) is 18.7 Å². The maximum atomic E-state index is 12.5. The van der Waals surface area contributed by atoms with E-state index in [1.165, 1.54) is 15.5 Å². The molecule has 0 N–H and O–H groups in total. The number of amides is 1. The molecule has 2 aromatic rings. The molecule has 7 heteroatoms. The third-order valence-electron chi connectivity index (χ3n) is 4.02. The average Bonchev–Trinajstić information content (AvgIpc) is 2.95. The van der Waals surface area contributed by atoms with Crippen LogP contribution in [0.25, 0.3) is 0 Å². The summed E-state index contributed by atoms with van der Waals surface area (Å²) in [7, 11) is 1.67. The molecule has 0 radical (unpaired) electrons. The number of hydrogen-bond acceptors (Lipinski definition) is 4.